The molecule has 0 aromatic heterocycles. The van der Waals surface area contributed by atoms with E-state index in [1.807, 2.05) is 0 Å². The Labute approximate surface area is 162 Å². The fourth-order valence-electron chi connectivity index (χ4n) is 3.77. The van der Waals surface area contributed by atoms with E-state index in [2.05, 4.69) is 48.3 Å². The van der Waals surface area contributed by atoms with Gasteiger partial charge in [-0.15, -0.1) is 24.0 Å². The smallest absolute Gasteiger partial charge is 0.198 e. The lowest BCUT2D eigenvalue weighted by atomic mass is 9.73. The van der Waals surface area contributed by atoms with Crippen molar-refractivity contribution in [3.05, 3.63) is 29.8 Å². The van der Waals surface area contributed by atoms with E-state index in [0.717, 1.165) is 44.7 Å². The van der Waals surface area contributed by atoms with Gasteiger partial charge in [0.05, 0.1) is 12.6 Å². The Morgan fingerprint density at radius 3 is 2.92 bits per heavy atom. The van der Waals surface area contributed by atoms with Gasteiger partial charge in [0.15, 0.2) is 5.96 Å². The molecule has 0 radical (unpaired) electrons. The molecule has 24 heavy (non-hydrogen) atoms. The molecule has 1 heterocycles. The summed E-state index contributed by atoms with van der Waals surface area (Å²) in [6, 6.07) is 8.57. The number of para-hydroxylation sites is 1. The Kier molecular flexibility index (Phi) is 6.92. The van der Waals surface area contributed by atoms with Crippen LogP contribution in [-0.4, -0.2) is 36.8 Å². The van der Waals surface area contributed by atoms with Crippen molar-refractivity contribution in [2.75, 3.05) is 24.5 Å². The monoisotopic (exact) mass is 443 g/mol. The standard InChI is InChI=1S/C19H29N3O.HI/c1-3-20-18(21-14-19(2)12-7-6-10-17(19)23)22-13-11-15-8-4-5-9-16(15)22;/h4-5,8-9,17,23H,3,6-7,10-14H2,1-2H3,(H,20,21);1H. The molecular formula is C19H30IN3O. The van der Waals surface area contributed by atoms with Gasteiger partial charge >= 0.3 is 0 Å². The SMILES string of the molecule is CCNC(=NCC1(C)CCCCC1O)N1CCc2ccccc21.I. The Morgan fingerprint density at radius 1 is 1.38 bits per heavy atom. The summed E-state index contributed by atoms with van der Waals surface area (Å²) in [7, 11) is 0. The van der Waals surface area contributed by atoms with Crippen molar-refractivity contribution in [2.24, 2.45) is 10.4 Å². The third kappa shape index (κ3) is 4.04. The van der Waals surface area contributed by atoms with Crippen molar-refractivity contribution in [3.8, 4) is 0 Å². The third-order valence-electron chi connectivity index (χ3n) is 5.35. The molecule has 2 unspecified atom stereocenters. The number of fused-ring (bicyclic) bond motifs is 1. The Morgan fingerprint density at radius 2 is 2.17 bits per heavy atom. The van der Waals surface area contributed by atoms with Crippen molar-refractivity contribution in [1.29, 1.82) is 0 Å². The number of rotatable bonds is 3. The molecule has 134 valence electrons. The average molecular weight is 443 g/mol. The maximum absolute atomic E-state index is 10.4. The minimum absolute atomic E-state index is 0. The second kappa shape index (κ2) is 8.52. The lowest BCUT2D eigenvalue weighted by Gasteiger charge is -2.37. The van der Waals surface area contributed by atoms with E-state index in [-0.39, 0.29) is 35.5 Å². The van der Waals surface area contributed by atoms with Crippen LogP contribution in [0.25, 0.3) is 0 Å². The largest absolute Gasteiger partial charge is 0.392 e. The van der Waals surface area contributed by atoms with Crippen molar-refractivity contribution < 1.29 is 5.11 Å². The topological polar surface area (TPSA) is 47.9 Å². The molecule has 1 fully saturated rings. The highest BCUT2D eigenvalue weighted by Gasteiger charge is 2.35. The summed E-state index contributed by atoms with van der Waals surface area (Å²) in [6.45, 7) is 6.81. The highest BCUT2D eigenvalue weighted by Crippen LogP contribution is 2.36. The van der Waals surface area contributed by atoms with Gasteiger partial charge in [-0.25, -0.2) is 0 Å². The zero-order chi connectivity index (χ0) is 16.3. The molecule has 0 bridgehead atoms. The lowest BCUT2D eigenvalue weighted by Crippen LogP contribution is -2.43. The number of aliphatic hydroxyl groups excluding tert-OH is 1. The van der Waals surface area contributed by atoms with Crippen LogP contribution in [0.5, 0.6) is 0 Å². The first-order valence-electron chi connectivity index (χ1n) is 8.96. The molecule has 3 rings (SSSR count). The fraction of sp³-hybridized carbons (Fsp3) is 0.632. The van der Waals surface area contributed by atoms with E-state index >= 15 is 0 Å². The molecule has 1 saturated carbocycles. The first kappa shape index (κ1) is 19.5. The minimum Gasteiger partial charge on any atom is -0.392 e. The number of halogens is 1. The van der Waals surface area contributed by atoms with Gasteiger partial charge in [0.25, 0.3) is 0 Å². The Balaban J connectivity index is 0.00000208. The summed E-state index contributed by atoms with van der Waals surface area (Å²) in [5.74, 6) is 0.955. The quantitative estimate of drug-likeness (QED) is 0.427. The molecule has 1 aliphatic heterocycles. The van der Waals surface area contributed by atoms with Gasteiger partial charge in [-0.2, -0.15) is 0 Å². The summed E-state index contributed by atoms with van der Waals surface area (Å²) in [5, 5.41) is 13.8. The van der Waals surface area contributed by atoms with Gasteiger partial charge in [-0.1, -0.05) is 38.0 Å². The zero-order valence-electron chi connectivity index (χ0n) is 14.8. The van der Waals surface area contributed by atoms with Gasteiger partial charge < -0.3 is 15.3 Å². The average Bonchev–Trinajstić information content (AvgIpc) is 2.98. The molecule has 4 nitrogen and oxygen atoms in total. The molecule has 2 atom stereocenters. The summed E-state index contributed by atoms with van der Waals surface area (Å²) in [5.41, 5.74) is 2.57. The maximum Gasteiger partial charge on any atom is 0.198 e. The van der Waals surface area contributed by atoms with Crippen molar-refractivity contribution in [2.45, 2.75) is 52.1 Å². The summed E-state index contributed by atoms with van der Waals surface area (Å²) in [6.07, 6.45) is 5.16. The predicted molar refractivity (Wildman–Crippen MR) is 111 cm³/mol. The molecule has 5 heteroatoms. The first-order valence-corrected chi connectivity index (χ1v) is 8.96. The number of aliphatic imine (C=N–C) groups is 1. The van der Waals surface area contributed by atoms with E-state index in [1.54, 1.807) is 0 Å². The second-order valence-electron chi connectivity index (χ2n) is 7.12. The zero-order valence-corrected chi connectivity index (χ0v) is 17.1. The van der Waals surface area contributed by atoms with Crippen molar-refractivity contribution in [3.63, 3.8) is 0 Å². The molecule has 1 aromatic rings. The van der Waals surface area contributed by atoms with Gasteiger partial charge in [0.1, 0.15) is 0 Å². The number of nitrogens with zero attached hydrogens (tertiary/aromatic N) is 2. The van der Waals surface area contributed by atoms with E-state index in [0.29, 0.717) is 6.54 Å². The van der Waals surface area contributed by atoms with Gasteiger partial charge in [-0.05, 0) is 37.8 Å². The number of anilines is 1. The highest BCUT2D eigenvalue weighted by atomic mass is 127. The Bertz CT molecular complexity index is 577. The van der Waals surface area contributed by atoms with Crippen LogP contribution in [0.1, 0.15) is 45.1 Å². The molecule has 0 spiro atoms. The van der Waals surface area contributed by atoms with Crippen molar-refractivity contribution in [1.82, 2.24) is 5.32 Å². The summed E-state index contributed by atoms with van der Waals surface area (Å²) < 4.78 is 0. The molecule has 0 saturated heterocycles. The summed E-state index contributed by atoms with van der Waals surface area (Å²) >= 11 is 0. The molecule has 1 aromatic carbocycles. The fourth-order valence-corrected chi connectivity index (χ4v) is 3.77. The highest BCUT2D eigenvalue weighted by molar-refractivity contribution is 14.0. The number of guanidine groups is 1. The van der Waals surface area contributed by atoms with E-state index in [4.69, 9.17) is 4.99 Å². The minimum atomic E-state index is -0.228. The van der Waals surface area contributed by atoms with Crippen LogP contribution < -0.4 is 10.2 Å². The molecule has 0 amide bonds. The molecular weight excluding hydrogens is 413 g/mol. The van der Waals surface area contributed by atoms with Crippen LogP contribution in [0.15, 0.2) is 29.3 Å². The lowest BCUT2D eigenvalue weighted by molar-refractivity contribution is 0.00719. The molecule has 2 N–H and O–H groups in total. The predicted octanol–water partition coefficient (Wildman–Crippen LogP) is 3.57. The van der Waals surface area contributed by atoms with Crippen LogP contribution in [0, 0.1) is 5.41 Å². The van der Waals surface area contributed by atoms with E-state index in [1.165, 1.54) is 17.7 Å². The number of nitrogens with one attached hydrogen (secondary N) is 1. The van der Waals surface area contributed by atoms with E-state index in [9.17, 15) is 5.11 Å². The summed E-state index contributed by atoms with van der Waals surface area (Å²) in [4.78, 5) is 7.20. The number of hydrogen-bond donors (Lipinski definition) is 2. The third-order valence-corrected chi connectivity index (χ3v) is 5.35. The van der Waals surface area contributed by atoms with Crippen LogP contribution in [0.4, 0.5) is 5.69 Å². The van der Waals surface area contributed by atoms with E-state index < -0.39 is 0 Å². The van der Waals surface area contributed by atoms with Gasteiger partial charge in [0, 0.05) is 24.2 Å². The Hall–Kier alpha value is -0.820. The molecule has 2 aliphatic rings. The van der Waals surface area contributed by atoms with Gasteiger partial charge in [-0.3, -0.25) is 4.99 Å². The number of aliphatic hydroxyl groups is 1. The maximum atomic E-state index is 10.4. The second-order valence-corrected chi connectivity index (χ2v) is 7.12. The molecule has 1 aliphatic carbocycles. The van der Waals surface area contributed by atoms with Crippen LogP contribution in [0.2, 0.25) is 0 Å². The van der Waals surface area contributed by atoms with Crippen LogP contribution in [-0.2, 0) is 6.42 Å². The van der Waals surface area contributed by atoms with Crippen molar-refractivity contribution >= 4 is 35.6 Å². The van der Waals surface area contributed by atoms with Crippen LogP contribution in [0.3, 0.4) is 0 Å². The number of benzene rings is 1. The number of hydrogen-bond acceptors (Lipinski definition) is 2. The van der Waals surface area contributed by atoms with Crippen LogP contribution >= 0.6 is 24.0 Å². The van der Waals surface area contributed by atoms with Gasteiger partial charge in [0.2, 0.25) is 0 Å². The normalized spacial score (nSPS) is 26.7. The first-order chi connectivity index (χ1) is 11.1.